The lowest BCUT2D eigenvalue weighted by Crippen LogP contribution is -2.63. The lowest BCUT2D eigenvalue weighted by atomic mass is 9.58. The molecule has 1 saturated carbocycles. The van der Waals surface area contributed by atoms with Gasteiger partial charge in [-0.15, -0.1) is 0 Å². The van der Waals surface area contributed by atoms with Crippen molar-refractivity contribution in [3.63, 3.8) is 0 Å². The molecule has 0 bridgehead atoms. The van der Waals surface area contributed by atoms with Gasteiger partial charge in [-0.3, -0.25) is 0 Å². The van der Waals surface area contributed by atoms with Crippen molar-refractivity contribution in [2.45, 2.75) is 50.4 Å². The Bertz CT molecular complexity index is 628. The molecule has 1 aromatic carbocycles. The Balaban J connectivity index is 1.29. The fraction of sp³-hybridized carbons (Fsp3) is 0.714. The number of rotatable bonds is 5. The maximum Gasteiger partial charge on any atom is 0.146 e. The van der Waals surface area contributed by atoms with Crippen LogP contribution in [0.3, 0.4) is 0 Å². The van der Waals surface area contributed by atoms with E-state index in [9.17, 15) is 9.50 Å². The van der Waals surface area contributed by atoms with E-state index in [1.54, 1.807) is 12.1 Å². The molecule has 27 heavy (non-hydrogen) atoms. The number of nitrogens with two attached hydrogens (primary N) is 1. The molecular formula is C21H32FN3O2. The second-order valence-corrected chi connectivity index (χ2v) is 8.34. The van der Waals surface area contributed by atoms with E-state index in [-0.39, 0.29) is 23.4 Å². The van der Waals surface area contributed by atoms with Gasteiger partial charge in [-0.1, -0.05) is 12.1 Å². The quantitative estimate of drug-likeness (QED) is 0.822. The lowest BCUT2D eigenvalue weighted by molar-refractivity contribution is -0.212. The van der Waals surface area contributed by atoms with Crippen molar-refractivity contribution in [1.29, 1.82) is 0 Å². The van der Waals surface area contributed by atoms with Gasteiger partial charge < -0.3 is 25.4 Å². The monoisotopic (exact) mass is 377 g/mol. The van der Waals surface area contributed by atoms with Crippen LogP contribution < -0.4 is 10.6 Å². The molecule has 6 heteroatoms. The molecule has 2 unspecified atom stereocenters. The van der Waals surface area contributed by atoms with E-state index in [1.807, 2.05) is 12.1 Å². The van der Waals surface area contributed by atoms with Gasteiger partial charge in [0, 0.05) is 37.5 Å². The van der Waals surface area contributed by atoms with E-state index in [0.717, 1.165) is 64.0 Å². The number of hydrogen-bond acceptors (Lipinski definition) is 5. The van der Waals surface area contributed by atoms with Crippen LogP contribution in [0.4, 0.5) is 10.1 Å². The first kappa shape index (κ1) is 19.1. The Morgan fingerprint density at radius 3 is 2.48 bits per heavy atom. The average Bonchev–Trinajstić information content (AvgIpc) is 2.72. The smallest absolute Gasteiger partial charge is 0.146 e. The molecule has 2 aliphatic heterocycles. The fourth-order valence-electron chi connectivity index (χ4n) is 5.31. The minimum absolute atomic E-state index is 0.0560. The third-order valence-corrected chi connectivity index (χ3v) is 7.08. The highest BCUT2D eigenvalue weighted by atomic mass is 19.1. The molecule has 2 atom stereocenters. The first-order valence-corrected chi connectivity index (χ1v) is 10.4. The molecule has 1 aromatic rings. The van der Waals surface area contributed by atoms with E-state index in [4.69, 9.17) is 10.5 Å². The zero-order chi connectivity index (χ0) is 18.9. The molecule has 0 aromatic heterocycles. The summed E-state index contributed by atoms with van der Waals surface area (Å²) >= 11 is 0. The third-order valence-electron chi connectivity index (χ3n) is 7.08. The predicted molar refractivity (Wildman–Crippen MR) is 104 cm³/mol. The number of nitrogens with zero attached hydrogens (tertiary/aromatic N) is 2. The van der Waals surface area contributed by atoms with E-state index in [0.29, 0.717) is 19.2 Å². The highest BCUT2D eigenvalue weighted by molar-refractivity contribution is 5.47. The molecule has 1 spiro atoms. The summed E-state index contributed by atoms with van der Waals surface area (Å²) in [6.07, 6.45) is 4.81. The van der Waals surface area contributed by atoms with Gasteiger partial charge in [0.15, 0.2) is 0 Å². The van der Waals surface area contributed by atoms with Crippen molar-refractivity contribution in [2.75, 3.05) is 44.2 Å². The van der Waals surface area contributed by atoms with Crippen molar-refractivity contribution in [2.24, 2.45) is 11.1 Å². The van der Waals surface area contributed by atoms with Crippen LogP contribution in [-0.2, 0) is 4.74 Å². The summed E-state index contributed by atoms with van der Waals surface area (Å²) < 4.78 is 19.9. The summed E-state index contributed by atoms with van der Waals surface area (Å²) in [5, 5.41) is 10.4. The van der Waals surface area contributed by atoms with Crippen molar-refractivity contribution < 1.29 is 14.2 Å². The second-order valence-electron chi connectivity index (χ2n) is 8.34. The SMILES string of the molecule is NCCOC1CC(O)C12CCN(C1CCN(c3ccccc3F)CC1)CC2. The number of anilines is 1. The maximum atomic E-state index is 14.0. The van der Waals surface area contributed by atoms with Crippen LogP contribution in [0.5, 0.6) is 0 Å². The van der Waals surface area contributed by atoms with Crippen LogP contribution in [0.25, 0.3) is 0 Å². The van der Waals surface area contributed by atoms with Crippen molar-refractivity contribution in [1.82, 2.24) is 4.90 Å². The summed E-state index contributed by atoms with van der Waals surface area (Å²) in [5.74, 6) is -0.127. The Morgan fingerprint density at radius 1 is 1.15 bits per heavy atom. The van der Waals surface area contributed by atoms with Crippen molar-refractivity contribution >= 4 is 5.69 Å². The molecule has 1 aliphatic carbocycles. The molecule has 2 heterocycles. The number of aliphatic hydroxyl groups is 1. The average molecular weight is 378 g/mol. The molecule has 3 N–H and O–H groups in total. The number of benzene rings is 1. The van der Waals surface area contributed by atoms with Crippen LogP contribution in [0.1, 0.15) is 32.1 Å². The number of halogens is 1. The summed E-state index contributed by atoms with van der Waals surface area (Å²) in [6, 6.07) is 7.63. The van der Waals surface area contributed by atoms with E-state index >= 15 is 0 Å². The number of aliphatic hydroxyl groups excluding tert-OH is 1. The van der Waals surface area contributed by atoms with Crippen LogP contribution in [0.15, 0.2) is 24.3 Å². The lowest BCUT2D eigenvalue weighted by Gasteiger charge is -2.57. The summed E-state index contributed by atoms with van der Waals surface area (Å²) in [4.78, 5) is 4.75. The van der Waals surface area contributed by atoms with Gasteiger partial charge in [-0.2, -0.15) is 0 Å². The van der Waals surface area contributed by atoms with Crippen molar-refractivity contribution in [3.8, 4) is 0 Å². The zero-order valence-electron chi connectivity index (χ0n) is 16.0. The normalized spacial score (nSPS) is 29.1. The van der Waals surface area contributed by atoms with E-state index in [2.05, 4.69) is 9.80 Å². The van der Waals surface area contributed by atoms with Crippen molar-refractivity contribution in [3.05, 3.63) is 30.1 Å². The molecular weight excluding hydrogens is 345 g/mol. The first-order chi connectivity index (χ1) is 13.1. The van der Waals surface area contributed by atoms with Gasteiger partial charge in [0.25, 0.3) is 0 Å². The predicted octanol–water partition coefficient (Wildman–Crippen LogP) is 1.99. The highest BCUT2D eigenvalue weighted by Gasteiger charge is 2.56. The first-order valence-electron chi connectivity index (χ1n) is 10.4. The minimum Gasteiger partial charge on any atom is -0.392 e. The third kappa shape index (κ3) is 3.60. The molecule has 0 radical (unpaired) electrons. The summed E-state index contributed by atoms with van der Waals surface area (Å²) in [7, 11) is 0. The zero-order valence-corrected chi connectivity index (χ0v) is 16.0. The van der Waals surface area contributed by atoms with Crippen LogP contribution in [0.2, 0.25) is 0 Å². The van der Waals surface area contributed by atoms with Gasteiger partial charge >= 0.3 is 0 Å². The molecule has 5 nitrogen and oxygen atoms in total. The van der Waals surface area contributed by atoms with Crippen LogP contribution in [-0.4, -0.2) is 67.6 Å². The highest BCUT2D eigenvalue weighted by Crippen LogP contribution is 2.51. The van der Waals surface area contributed by atoms with E-state index < -0.39 is 0 Å². The Kier molecular flexibility index (Phi) is 5.69. The van der Waals surface area contributed by atoms with Gasteiger partial charge in [0.2, 0.25) is 0 Å². The molecule has 0 amide bonds. The minimum atomic E-state index is -0.231. The molecule has 3 aliphatic rings. The number of piperidine rings is 2. The molecule has 4 rings (SSSR count). The van der Waals surface area contributed by atoms with Crippen LogP contribution in [0, 0.1) is 11.2 Å². The molecule has 3 fully saturated rings. The second kappa shape index (κ2) is 8.03. The maximum absolute atomic E-state index is 14.0. The summed E-state index contributed by atoms with van der Waals surface area (Å²) in [6.45, 7) is 4.96. The van der Waals surface area contributed by atoms with Gasteiger partial charge in [-0.05, 0) is 50.9 Å². The van der Waals surface area contributed by atoms with Gasteiger partial charge in [0.05, 0.1) is 24.5 Å². The Morgan fingerprint density at radius 2 is 1.85 bits per heavy atom. The van der Waals surface area contributed by atoms with E-state index in [1.165, 1.54) is 0 Å². The Labute approximate surface area is 161 Å². The Hall–Kier alpha value is -1.21. The number of para-hydroxylation sites is 1. The van der Waals surface area contributed by atoms with Gasteiger partial charge in [0.1, 0.15) is 5.82 Å². The number of likely N-dealkylation sites (tertiary alicyclic amines) is 1. The van der Waals surface area contributed by atoms with Gasteiger partial charge in [-0.25, -0.2) is 4.39 Å². The number of hydrogen-bond donors (Lipinski definition) is 2. The molecule has 2 saturated heterocycles. The summed E-state index contributed by atoms with van der Waals surface area (Å²) in [5.41, 5.74) is 6.24. The molecule has 150 valence electrons. The standard InChI is InChI=1S/C21H32FN3O2/c22-17-3-1-2-4-18(17)25-10-5-16(6-11-25)24-12-7-21(8-13-24)19(26)15-20(21)27-14-9-23/h1-4,16,19-20,26H,5-15,23H2. The topological polar surface area (TPSA) is 62.0 Å². The number of ether oxygens (including phenoxy) is 1. The largest absolute Gasteiger partial charge is 0.392 e. The fourth-order valence-corrected chi connectivity index (χ4v) is 5.31. The van der Waals surface area contributed by atoms with Crippen LogP contribution >= 0.6 is 0 Å².